The highest BCUT2D eigenvalue weighted by Gasteiger charge is 2.48. The topological polar surface area (TPSA) is 142 Å². The fraction of sp³-hybridized carbons (Fsp3) is 0.238. The zero-order valence-corrected chi connectivity index (χ0v) is 15.4. The van der Waals surface area contributed by atoms with Crippen LogP contribution in [0.2, 0.25) is 0 Å². The number of fused-ring (bicyclic) bond motifs is 5. The maximum absolute atomic E-state index is 11.4. The maximum Gasteiger partial charge on any atom is 0.335 e. The van der Waals surface area contributed by atoms with Crippen LogP contribution in [0.5, 0.6) is 5.88 Å². The fourth-order valence-electron chi connectivity index (χ4n) is 3.70. The molecule has 1 aliphatic rings. The van der Waals surface area contributed by atoms with Gasteiger partial charge >= 0.3 is 5.97 Å². The third-order valence-corrected chi connectivity index (χ3v) is 5.23. The summed E-state index contributed by atoms with van der Waals surface area (Å²) in [5.74, 6) is -1.42. The van der Waals surface area contributed by atoms with Crippen molar-refractivity contribution in [1.82, 2.24) is 4.98 Å². The van der Waals surface area contributed by atoms with Crippen molar-refractivity contribution in [3.05, 3.63) is 48.5 Å². The summed E-state index contributed by atoms with van der Waals surface area (Å²) in [6, 6.07) is 14.5. The van der Waals surface area contributed by atoms with Crippen LogP contribution in [0.15, 0.2) is 52.9 Å². The number of pyridine rings is 1. The molecular formula is C21H17NO8. The van der Waals surface area contributed by atoms with E-state index in [1.54, 1.807) is 12.1 Å². The summed E-state index contributed by atoms with van der Waals surface area (Å²) in [5.41, 5.74) is 1.73. The van der Waals surface area contributed by atoms with Gasteiger partial charge in [-0.1, -0.05) is 30.3 Å². The first-order chi connectivity index (χ1) is 14.5. The molecule has 1 fully saturated rings. The van der Waals surface area contributed by atoms with Gasteiger partial charge in [-0.3, -0.25) is 0 Å². The van der Waals surface area contributed by atoms with Gasteiger partial charge in [-0.25, -0.2) is 9.78 Å². The minimum absolute atomic E-state index is 0.0708. The molecule has 9 nitrogen and oxygen atoms in total. The maximum atomic E-state index is 11.4. The average molecular weight is 411 g/mol. The summed E-state index contributed by atoms with van der Waals surface area (Å²) < 4.78 is 16.9. The predicted molar refractivity (Wildman–Crippen MR) is 104 cm³/mol. The standard InChI is InChI=1S/C21H17NO8/c23-14-15(24)18(20(26)27)29-21(16(14)25)30-19-10-6-2-1-5-9(10)17-13(22-19)11-7-3-4-8-12(11)28-17/h1-8,14-16,18,21,23-25H,(H,26,27)/t14-,15+,16+,18+,21+/m1/s1. The molecule has 1 aliphatic heterocycles. The lowest BCUT2D eigenvalue weighted by molar-refractivity contribution is -0.271. The number of hydrogen-bond donors (Lipinski definition) is 4. The molecule has 0 bridgehead atoms. The molecule has 0 aliphatic carbocycles. The largest absolute Gasteiger partial charge is 0.479 e. The summed E-state index contributed by atoms with van der Waals surface area (Å²) >= 11 is 0. The number of carboxylic acids is 1. The number of carboxylic acid groups (broad SMARTS) is 1. The number of carbonyl (C=O) groups is 1. The van der Waals surface area contributed by atoms with Crippen LogP contribution >= 0.6 is 0 Å². The zero-order chi connectivity index (χ0) is 21.0. The van der Waals surface area contributed by atoms with E-state index in [0.29, 0.717) is 27.5 Å². The molecule has 0 unspecified atom stereocenters. The average Bonchev–Trinajstić information content (AvgIpc) is 3.13. The Bertz CT molecular complexity index is 1270. The van der Waals surface area contributed by atoms with Gasteiger partial charge in [0.1, 0.15) is 29.4 Å². The second-order valence-electron chi connectivity index (χ2n) is 7.09. The van der Waals surface area contributed by atoms with Crippen molar-refractivity contribution in [1.29, 1.82) is 0 Å². The molecule has 2 aromatic carbocycles. The Morgan fingerprint density at radius 3 is 2.30 bits per heavy atom. The summed E-state index contributed by atoms with van der Waals surface area (Å²) in [5, 5.41) is 41.4. The molecule has 4 N–H and O–H groups in total. The monoisotopic (exact) mass is 411 g/mol. The van der Waals surface area contributed by atoms with E-state index in [9.17, 15) is 25.2 Å². The number of ether oxygens (including phenoxy) is 2. The van der Waals surface area contributed by atoms with E-state index < -0.39 is 36.7 Å². The number of hydrogen-bond acceptors (Lipinski definition) is 8. The lowest BCUT2D eigenvalue weighted by Gasteiger charge is -2.38. The number of rotatable bonds is 3. The molecule has 5 atom stereocenters. The van der Waals surface area contributed by atoms with Crippen LogP contribution in [0.3, 0.4) is 0 Å². The third-order valence-electron chi connectivity index (χ3n) is 5.23. The van der Waals surface area contributed by atoms with Gasteiger partial charge in [-0.2, -0.15) is 0 Å². The first-order valence-electron chi connectivity index (χ1n) is 9.25. The first kappa shape index (κ1) is 18.8. The van der Waals surface area contributed by atoms with E-state index in [0.717, 1.165) is 5.39 Å². The third kappa shape index (κ3) is 2.79. The molecule has 154 valence electrons. The molecule has 30 heavy (non-hydrogen) atoms. The van der Waals surface area contributed by atoms with Gasteiger partial charge in [0.05, 0.1) is 0 Å². The highest BCUT2D eigenvalue weighted by molar-refractivity contribution is 6.14. The number of para-hydroxylation sites is 1. The summed E-state index contributed by atoms with van der Waals surface area (Å²) in [7, 11) is 0. The van der Waals surface area contributed by atoms with Crippen LogP contribution in [-0.4, -0.2) is 62.1 Å². The van der Waals surface area contributed by atoms with Crippen molar-refractivity contribution in [2.24, 2.45) is 0 Å². The number of nitrogens with zero attached hydrogens (tertiary/aromatic N) is 1. The molecule has 0 amide bonds. The van der Waals surface area contributed by atoms with Crippen molar-refractivity contribution in [3.63, 3.8) is 0 Å². The first-order valence-corrected chi connectivity index (χ1v) is 9.25. The van der Waals surface area contributed by atoms with Gasteiger partial charge in [0, 0.05) is 16.2 Å². The number of aliphatic hydroxyl groups excluding tert-OH is 3. The van der Waals surface area contributed by atoms with Crippen LogP contribution < -0.4 is 4.74 Å². The summed E-state index contributed by atoms with van der Waals surface area (Å²) in [4.78, 5) is 15.9. The van der Waals surface area contributed by atoms with Crippen molar-refractivity contribution in [2.45, 2.75) is 30.7 Å². The quantitative estimate of drug-likeness (QED) is 0.393. The lowest BCUT2D eigenvalue weighted by atomic mass is 9.99. The second kappa shape index (κ2) is 6.92. The Labute approximate surface area is 168 Å². The zero-order valence-electron chi connectivity index (χ0n) is 15.4. The van der Waals surface area contributed by atoms with Gasteiger partial charge in [0.15, 0.2) is 11.7 Å². The molecule has 1 saturated heterocycles. The van der Waals surface area contributed by atoms with Gasteiger partial charge in [0.2, 0.25) is 12.2 Å². The molecular weight excluding hydrogens is 394 g/mol. The van der Waals surface area contributed by atoms with Crippen molar-refractivity contribution in [2.75, 3.05) is 0 Å². The minimum Gasteiger partial charge on any atom is -0.479 e. The Kier molecular flexibility index (Phi) is 4.33. The van der Waals surface area contributed by atoms with Crippen molar-refractivity contribution < 1.29 is 39.1 Å². The van der Waals surface area contributed by atoms with E-state index in [1.807, 2.05) is 36.4 Å². The van der Waals surface area contributed by atoms with E-state index in [1.165, 1.54) is 0 Å². The molecule has 0 saturated carbocycles. The van der Waals surface area contributed by atoms with Crippen LogP contribution in [0.25, 0.3) is 32.8 Å². The van der Waals surface area contributed by atoms with Crippen LogP contribution in [0, 0.1) is 0 Å². The number of aliphatic hydroxyl groups is 3. The van der Waals surface area contributed by atoms with Gasteiger partial charge < -0.3 is 34.3 Å². The Hall–Kier alpha value is -3.24. The summed E-state index contributed by atoms with van der Waals surface area (Å²) in [6.07, 6.45) is -8.58. The number of benzene rings is 2. The SMILES string of the molecule is O=C(O)[C@H]1O[C@@H](Oc2nc3c4ccccc4oc3c3ccccc23)[C@@H](O)[C@H](O)[C@@H]1O. The van der Waals surface area contributed by atoms with E-state index in [-0.39, 0.29) is 5.88 Å². The predicted octanol–water partition coefficient (Wildman–Crippen LogP) is 1.41. The van der Waals surface area contributed by atoms with E-state index in [4.69, 9.17) is 13.9 Å². The fourth-order valence-corrected chi connectivity index (χ4v) is 3.70. The molecule has 5 rings (SSSR count). The van der Waals surface area contributed by atoms with Crippen LogP contribution in [0.1, 0.15) is 0 Å². The van der Waals surface area contributed by atoms with Crippen LogP contribution in [0.4, 0.5) is 0 Å². The highest BCUT2D eigenvalue weighted by atomic mass is 16.7. The van der Waals surface area contributed by atoms with Gasteiger partial charge in [-0.15, -0.1) is 0 Å². The Balaban J connectivity index is 1.64. The lowest BCUT2D eigenvalue weighted by Crippen LogP contribution is -2.61. The van der Waals surface area contributed by atoms with E-state index >= 15 is 0 Å². The molecule has 0 spiro atoms. The van der Waals surface area contributed by atoms with Gasteiger partial charge in [0.25, 0.3) is 0 Å². The van der Waals surface area contributed by atoms with Crippen molar-refractivity contribution in [3.8, 4) is 5.88 Å². The molecule has 9 heteroatoms. The number of furan rings is 1. The van der Waals surface area contributed by atoms with Crippen LogP contribution in [-0.2, 0) is 9.53 Å². The van der Waals surface area contributed by atoms with Gasteiger partial charge in [-0.05, 0) is 18.2 Å². The smallest absolute Gasteiger partial charge is 0.335 e. The molecule has 4 aromatic rings. The number of aliphatic carboxylic acids is 1. The minimum atomic E-state index is -1.80. The Morgan fingerprint density at radius 2 is 1.57 bits per heavy atom. The summed E-state index contributed by atoms with van der Waals surface area (Å²) in [6.45, 7) is 0. The molecule has 0 radical (unpaired) electrons. The Morgan fingerprint density at radius 1 is 0.900 bits per heavy atom. The molecule has 2 aromatic heterocycles. The van der Waals surface area contributed by atoms with Crippen molar-refractivity contribution >= 4 is 38.8 Å². The molecule has 3 heterocycles. The number of aromatic nitrogens is 1. The van der Waals surface area contributed by atoms with E-state index in [2.05, 4.69) is 4.98 Å². The second-order valence-corrected chi connectivity index (χ2v) is 7.09. The highest BCUT2D eigenvalue weighted by Crippen LogP contribution is 2.37. The normalized spacial score (nSPS) is 27.0.